The van der Waals surface area contributed by atoms with Crippen molar-refractivity contribution in [1.29, 1.82) is 0 Å². The summed E-state index contributed by atoms with van der Waals surface area (Å²) < 4.78 is 22.3. The number of piperidine rings is 1. The fourth-order valence-corrected chi connectivity index (χ4v) is 5.11. The molecule has 3 aromatic rings. The fourth-order valence-electron chi connectivity index (χ4n) is 5.11. The van der Waals surface area contributed by atoms with Crippen LogP contribution in [0.4, 0.5) is 0 Å². The van der Waals surface area contributed by atoms with Crippen LogP contribution in [0.25, 0.3) is 21.5 Å². The van der Waals surface area contributed by atoms with Gasteiger partial charge in [0.1, 0.15) is 0 Å². The first-order valence-electron chi connectivity index (χ1n) is 10.2. The highest BCUT2D eigenvalue weighted by Gasteiger charge is 2.41. The molecular formula is C24H25NO5. The molecule has 5 rings (SSSR count). The second kappa shape index (κ2) is 6.97. The number of carbonyl (C=O) groups excluding carboxylic acids is 1. The highest BCUT2D eigenvalue weighted by atomic mass is 16.5. The molecule has 0 saturated carbocycles. The van der Waals surface area contributed by atoms with Gasteiger partial charge in [-0.25, -0.2) is 0 Å². The Kier molecular flexibility index (Phi) is 4.38. The van der Waals surface area contributed by atoms with E-state index in [0.717, 1.165) is 58.5 Å². The minimum atomic E-state index is 0.0966. The van der Waals surface area contributed by atoms with E-state index in [1.807, 2.05) is 29.2 Å². The van der Waals surface area contributed by atoms with Gasteiger partial charge >= 0.3 is 0 Å². The number of benzene rings is 3. The molecule has 6 heteroatoms. The summed E-state index contributed by atoms with van der Waals surface area (Å²) in [5.41, 5.74) is 1.87. The molecule has 3 aromatic carbocycles. The Morgan fingerprint density at radius 2 is 1.23 bits per heavy atom. The zero-order valence-corrected chi connectivity index (χ0v) is 17.7. The van der Waals surface area contributed by atoms with Gasteiger partial charge in [0.25, 0.3) is 5.91 Å². The average molecular weight is 407 g/mol. The second-order valence-corrected chi connectivity index (χ2v) is 7.80. The van der Waals surface area contributed by atoms with Crippen LogP contribution in [-0.2, 0) is 0 Å². The van der Waals surface area contributed by atoms with E-state index < -0.39 is 0 Å². The molecule has 1 fully saturated rings. The van der Waals surface area contributed by atoms with Crippen molar-refractivity contribution >= 4 is 27.5 Å². The minimum Gasteiger partial charge on any atom is -0.493 e. The van der Waals surface area contributed by atoms with Crippen LogP contribution in [0.15, 0.2) is 24.3 Å². The van der Waals surface area contributed by atoms with Crippen LogP contribution in [0, 0.1) is 0 Å². The first kappa shape index (κ1) is 18.9. The Morgan fingerprint density at radius 1 is 0.733 bits per heavy atom. The largest absolute Gasteiger partial charge is 0.493 e. The van der Waals surface area contributed by atoms with Gasteiger partial charge in [-0.05, 0) is 70.6 Å². The standard InChI is InChI=1S/C24H25NO5/c1-27-18-9-13-14-10-19(28-2)21(30-4)12-16(14)23-22(15(13)11-20(18)29-3)17-7-5-6-8-25(17)24(23)26/h9-12,17H,5-8H2,1-4H3. The normalized spacial score (nSPS) is 17.8. The van der Waals surface area contributed by atoms with E-state index in [2.05, 4.69) is 0 Å². The highest BCUT2D eigenvalue weighted by Crippen LogP contribution is 2.50. The molecule has 0 aromatic heterocycles. The number of fused-ring (bicyclic) bond motifs is 8. The molecule has 0 aliphatic carbocycles. The Bertz CT molecular complexity index is 1190. The van der Waals surface area contributed by atoms with Gasteiger partial charge in [0.05, 0.1) is 40.0 Å². The summed E-state index contributed by atoms with van der Waals surface area (Å²) in [6.07, 6.45) is 3.13. The lowest BCUT2D eigenvalue weighted by molar-refractivity contribution is 0.0673. The number of hydrogen-bond donors (Lipinski definition) is 0. The molecule has 156 valence electrons. The van der Waals surface area contributed by atoms with Gasteiger partial charge in [0.2, 0.25) is 0 Å². The number of nitrogens with zero attached hydrogens (tertiary/aromatic N) is 1. The fraction of sp³-hybridized carbons (Fsp3) is 0.375. The summed E-state index contributed by atoms with van der Waals surface area (Å²) in [6, 6.07) is 7.99. The smallest absolute Gasteiger partial charge is 0.255 e. The molecule has 0 radical (unpaired) electrons. The average Bonchev–Trinajstić information content (AvgIpc) is 3.10. The monoisotopic (exact) mass is 407 g/mol. The molecule has 2 aliphatic heterocycles. The van der Waals surface area contributed by atoms with Crippen LogP contribution in [0.5, 0.6) is 23.0 Å². The lowest BCUT2D eigenvalue weighted by Gasteiger charge is -2.30. The zero-order chi connectivity index (χ0) is 21.0. The molecule has 1 amide bonds. The van der Waals surface area contributed by atoms with Crippen molar-refractivity contribution in [3.63, 3.8) is 0 Å². The summed E-state index contributed by atoms with van der Waals surface area (Å²) in [6.45, 7) is 0.793. The first-order chi connectivity index (χ1) is 14.6. The summed E-state index contributed by atoms with van der Waals surface area (Å²) in [5.74, 6) is 2.66. The molecule has 1 saturated heterocycles. The van der Waals surface area contributed by atoms with Gasteiger partial charge in [-0.3, -0.25) is 4.79 Å². The van der Waals surface area contributed by atoms with Crippen LogP contribution >= 0.6 is 0 Å². The van der Waals surface area contributed by atoms with Crippen LogP contribution in [0.1, 0.15) is 41.2 Å². The molecule has 2 aliphatic rings. The summed E-state index contributed by atoms with van der Waals surface area (Å²) in [4.78, 5) is 15.5. The molecule has 1 atom stereocenters. The van der Waals surface area contributed by atoms with E-state index in [1.165, 1.54) is 0 Å². The third-order valence-electron chi connectivity index (χ3n) is 6.48. The van der Waals surface area contributed by atoms with Crippen molar-refractivity contribution in [2.24, 2.45) is 0 Å². The molecule has 0 bridgehead atoms. The van der Waals surface area contributed by atoms with Crippen molar-refractivity contribution in [2.45, 2.75) is 25.3 Å². The summed E-state index contributed by atoms with van der Waals surface area (Å²) in [7, 11) is 6.50. The number of amides is 1. The number of methoxy groups -OCH3 is 4. The summed E-state index contributed by atoms with van der Waals surface area (Å²) >= 11 is 0. The van der Waals surface area contributed by atoms with Gasteiger partial charge in [-0.15, -0.1) is 0 Å². The first-order valence-corrected chi connectivity index (χ1v) is 10.2. The van der Waals surface area contributed by atoms with E-state index in [1.54, 1.807) is 28.4 Å². The van der Waals surface area contributed by atoms with Gasteiger partial charge in [0, 0.05) is 6.54 Å². The SMILES string of the molecule is COc1cc2c3c(c4cc(OC)c(OC)cc4c2cc1OC)C1CCCCN1C3=O. The molecule has 0 spiro atoms. The van der Waals surface area contributed by atoms with Gasteiger partial charge < -0.3 is 23.8 Å². The van der Waals surface area contributed by atoms with Crippen molar-refractivity contribution in [3.05, 3.63) is 35.4 Å². The Balaban J connectivity index is 1.97. The van der Waals surface area contributed by atoms with E-state index in [4.69, 9.17) is 18.9 Å². The maximum Gasteiger partial charge on any atom is 0.255 e. The Morgan fingerprint density at radius 3 is 1.80 bits per heavy atom. The van der Waals surface area contributed by atoms with Gasteiger partial charge in [-0.2, -0.15) is 0 Å². The topological polar surface area (TPSA) is 57.2 Å². The highest BCUT2D eigenvalue weighted by molar-refractivity contribution is 6.22. The van der Waals surface area contributed by atoms with E-state index >= 15 is 0 Å². The molecule has 2 heterocycles. The molecule has 0 N–H and O–H groups in total. The number of carbonyl (C=O) groups is 1. The zero-order valence-electron chi connectivity index (χ0n) is 17.7. The lowest BCUT2D eigenvalue weighted by Crippen LogP contribution is -2.32. The van der Waals surface area contributed by atoms with Crippen LogP contribution in [0.3, 0.4) is 0 Å². The quantitative estimate of drug-likeness (QED) is 0.587. The Hall–Kier alpha value is -3.15. The molecular weight excluding hydrogens is 382 g/mol. The number of rotatable bonds is 4. The maximum absolute atomic E-state index is 13.5. The number of ether oxygens (including phenoxy) is 4. The predicted molar refractivity (Wildman–Crippen MR) is 115 cm³/mol. The van der Waals surface area contributed by atoms with Crippen molar-refractivity contribution in [3.8, 4) is 23.0 Å². The van der Waals surface area contributed by atoms with Crippen molar-refractivity contribution in [1.82, 2.24) is 4.90 Å². The van der Waals surface area contributed by atoms with Gasteiger partial charge in [-0.1, -0.05) is 0 Å². The van der Waals surface area contributed by atoms with E-state index in [9.17, 15) is 4.79 Å². The van der Waals surface area contributed by atoms with Crippen molar-refractivity contribution in [2.75, 3.05) is 35.0 Å². The van der Waals surface area contributed by atoms with Gasteiger partial charge in [0.15, 0.2) is 23.0 Å². The second-order valence-electron chi connectivity index (χ2n) is 7.80. The van der Waals surface area contributed by atoms with Crippen LogP contribution < -0.4 is 18.9 Å². The predicted octanol–water partition coefficient (Wildman–Crippen LogP) is 4.71. The minimum absolute atomic E-state index is 0.0966. The third kappa shape index (κ3) is 2.46. The maximum atomic E-state index is 13.5. The third-order valence-corrected chi connectivity index (χ3v) is 6.48. The lowest BCUT2D eigenvalue weighted by atomic mass is 9.88. The molecule has 1 unspecified atom stereocenters. The van der Waals surface area contributed by atoms with E-state index in [0.29, 0.717) is 23.0 Å². The van der Waals surface area contributed by atoms with Crippen LogP contribution in [0.2, 0.25) is 0 Å². The van der Waals surface area contributed by atoms with Crippen molar-refractivity contribution < 1.29 is 23.7 Å². The molecule has 30 heavy (non-hydrogen) atoms. The summed E-state index contributed by atoms with van der Waals surface area (Å²) in [5, 5.41) is 3.88. The number of hydrogen-bond acceptors (Lipinski definition) is 5. The Labute approximate surface area is 175 Å². The van der Waals surface area contributed by atoms with E-state index in [-0.39, 0.29) is 11.9 Å². The molecule has 6 nitrogen and oxygen atoms in total. The van der Waals surface area contributed by atoms with Crippen LogP contribution in [-0.4, -0.2) is 45.8 Å².